The number of Topliss-reactive ketones (excluding diaryl/α,β-unsaturated/α-hetero) is 1. The van der Waals surface area contributed by atoms with Gasteiger partial charge in [0, 0.05) is 18.4 Å². The number of aliphatic hydroxyl groups excluding tert-OH is 1. The van der Waals surface area contributed by atoms with E-state index in [1.54, 1.807) is 6.08 Å². The molecule has 1 aliphatic carbocycles. The topological polar surface area (TPSA) is 74.6 Å². The highest BCUT2D eigenvalue weighted by Gasteiger charge is 2.33. The maximum atomic E-state index is 12.1. The molecule has 3 atom stereocenters. The zero-order chi connectivity index (χ0) is 17.8. The Labute approximate surface area is 146 Å². The van der Waals surface area contributed by atoms with Crippen molar-refractivity contribution in [3.8, 4) is 0 Å². The van der Waals surface area contributed by atoms with Crippen LogP contribution in [0.2, 0.25) is 0 Å². The lowest BCUT2D eigenvalue weighted by Crippen LogP contribution is -2.17. The molecular weight excluding hydrogens is 304 g/mol. The zero-order valence-corrected chi connectivity index (χ0v) is 15.1. The van der Waals surface area contributed by atoms with E-state index in [0.717, 1.165) is 57.8 Å². The summed E-state index contributed by atoms with van der Waals surface area (Å²) in [6.45, 7) is 2.17. The van der Waals surface area contributed by atoms with Gasteiger partial charge in [0.1, 0.15) is 5.78 Å². The summed E-state index contributed by atoms with van der Waals surface area (Å²) in [6.07, 6.45) is 14.0. The van der Waals surface area contributed by atoms with Crippen molar-refractivity contribution in [2.24, 2.45) is 11.8 Å². The molecular formula is C20H34O4. The van der Waals surface area contributed by atoms with E-state index in [-0.39, 0.29) is 12.0 Å². The lowest BCUT2D eigenvalue weighted by atomic mass is 9.86. The van der Waals surface area contributed by atoms with Gasteiger partial charge in [0.05, 0.1) is 6.10 Å². The highest BCUT2D eigenvalue weighted by molar-refractivity contribution is 5.83. The first-order valence-electron chi connectivity index (χ1n) is 9.64. The maximum absolute atomic E-state index is 12.1. The van der Waals surface area contributed by atoms with Crippen molar-refractivity contribution in [3.63, 3.8) is 0 Å². The average Bonchev–Trinajstić information content (AvgIpc) is 2.89. The maximum Gasteiger partial charge on any atom is 0.327 e. The molecule has 0 aromatic carbocycles. The van der Waals surface area contributed by atoms with E-state index >= 15 is 0 Å². The van der Waals surface area contributed by atoms with Crippen LogP contribution in [-0.4, -0.2) is 28.1 Å². The van der Waals surface area contributed by atoms with Crippen LogP contribution < -0.4 is 0 Å². The fourth-order valence-corrected chi connectivity index (χ4v) is 3.71. The first kappa shape index (κ1) is 20.9. The number of hydrogen-bond donors (Lipinski definition) is 2. The number of hydrogen-bond acceptors (Lipinski definition) is 3. The molecule has 0 radical (unpaired) electrons. The lowest BCUT2D eigenvalue weighted by Gasteiger charge is -2.20. The fraction of sp³-hybridized carbons (Fsp3) is 0.800. The smallest absolute Gasteiger partial charge is 0.327 e. The van der Waals surface area contributed by atoms with Crippen molar-refractivity contribution in [1.29, 1.82) is 0 Å². The first-order valence-corrected chi connectivity index (χ1v) is 9.64. The van der Waals surface area contributed by atoms with Crippen LogP contribution in [0, 0.1) is 11.8 Å². The van der Waals surface area contributed by atoms with Gasteiger partial charge in [-0.2, -0.15) is 0 Å². The molecule has 0 aromatic rings. The third kappa shape index (κ3) is 8.62. The summed E-state index contributed by atoms with van der Waals surface area (Å²) >= 11 is 0. The van der Waals surface area contributed by atoms with Gasteiger partial charge in [-0.05, 0) is 50.9 Å². The Morgan fingerprint density at radius 2 is 2.00 bits per heavy atom. The number of allylic oxidation sites excluding steroid dienone is 1. The molecule has 0 aromatic heterocycles. The second-order valence-corrected chi connectivity index (χ2v) is 7.12. The Morgan fingerprint density at radius 1 is 1.21 bits per heavy atom. The Hall–Kier alpha value is -1.16. The Bertz CT molecular complexity index is 402. The van der Waals surface area contributed by atoms with Gasteiger partial charge in [0.15, 0.2) is 0 Å². The molecule has 0 aliphatic heterocycles. The lowest BCUT2D eigenvalue weighted by molar-refractivity contribution is -0.131. The summed E-state index contributed by atoms with van der Waals surface area (Å²) in [5.74, 6) is 0.0873. The first-order chi connectivity index (χ1) is 11.5. The van der Waals surface area contributed by atoms with Crippen molar-refractivity contribution >= 4 is 11.8 Å². The summed E-state index contributed by atoms with van der Waals surface area (Å²) < 4.78 is 0. The molecule has 24 heavy (non-hydrogen) atoms. The van der Waals surface area contributed by atoms with Gasteiger partial charge >= 0.3 is 5.97 Å². The van der Waals surface area contributed by atoms with Gasteiger partial charge in [-0.1, -0.05) is 38.7 Å². The van der Waals surface area contributed by atoms with Crippen LogP contribution in [0.1, 0.15) is 84.0 Å². The molecule has 1 unspecified atom stereocenters. The van der Waals surface area contributed by atoms with E-state index in [9.17, 15) is 14.7 Å². The van der Waals surface area contributed by atoms with Crippen molar-refractivity contribution in [2.75, 3.05) is 0 Å². The normalized spacial score (nSPS) is 22.3. The Kier molecular flexibility index (Phi) is 10.6. The number of carboxylic acid groups (broad SMARTS) is 1. The second kappa shape index (κ2) is 12.2. The summed E-state index contributed by atoms with van der Waals surface area (Å²) in [4.78, 5) is 22.5. The van der Waals surface area contributed by atoms with E-state index in [4.69, 9.17) is 5.11 Å². The van der Waals surface area contributed by atoms with Gasteiger partial charge in [0.25, 0.3) is 0 Å². The molecule has 4 heteroatoms. The highest BCUT2D eigenvalue weighted by atomic mass is 16.4. The van der Waals surface area contributed by atoms with Crippen LogP contribution >= 0.6 is 0 Å². The number of carbonyl (C=O) groups is 2. The number of carbonyl (C=O) groups excluding carboxylic acids is 1. The number of aliphatic carboxylic acids is 1. The second-order valence-electron chi connectivity index (χ2n) is 7.12. The SMILES string of the molecule is CCCCCC(O)CC[C@H]1CCC(=O)[C@@H]1CCCC/C=C\C(=O)O. The quantitative estimate of drug-likeness (QED) is 0.383. The standard InChI is InChI=1S/C20H34O4/c1-2-3-6-9-17(21)14-12-16-13-15-19(22)18(16)10-7-4-5-8-11-20(23)24/h8,11,16-18,21H,2-7,9-10,12-15H2,1H3,(H,23,24)/b11-8-/t16-,17?,18+/m0/s1. The molecule has 0 heterocycles. The summed E-state index contributed by atoms with van der Waals surface area (Å²) in [5, 5.41) is 18.6. The summed E-state index contributed by atoms with van der Waals surface area (Å²) in [5.41, 5.74) is 0. The monoisotopic (exact) mass is 338 g/mol. The van der Waals surface area contributed by atoms with Crippen molar-refractivity contribution < 1.29 is 19.8 Å². The minimum Gasteiger partial charge on any atom is -0.478 e. The third-order valence-electron chi connectivity index (χ3n) is 5.15. The van der Waals surface area contributed by atoms with Gasteiger partial charge in [0.2, 0.25) is 0 Å². The van der Waals surface area contributed by atoms with Crippen LogP contribution in [0.3, 0.4) is 0 Å². The molecule has 4 nitrogen and oxygen atoms in total. The molecule has 0 saturated heterocycles. The fourth-order valence-electron chi connectivity index (χ4n) is 3.71. The van der Waals surface area contributed by atoms with Crippen LogP contribution in [0.25, 0.3) is 0 Å². The van der Waals surface area contributed by atoms with Crippen molar-refractivity contribution in [3.05, 3.63) is 12.2 Å². The van der Waals surface area contributed by atoms with E-state index in [2.05, 4.69) is 6.92 Å². The Balaban J connectivity index is 2.24. The third-order valence-corrected chi connectivity index (χ3v) is 5.15. The molecule has 1 fully saturated rings. The van der Waals surface area contributed by atoms with Gasteiger partial charge < -0.3 is 10.2 Å². The largest absolute Gasteiger partial charge is 0.478 e. The number of carboxylic acids is 1. The Morgan fingerprint density at radius 3 is 2.71 bits per heavy atom. The predicted octanol–water partition coefficient (Wildman–Crippen LogP) is 4.50. The minimum absolute atomic E-state index is 0.163. The van der Waals surface area contributed by atoms with Crippen molar-refractivity contribution in [1.82, 2.24) is 0 Å². The van der Waals surface area contributed by atoms with Gasteiger partial charge in [-0.3, -0.25) is 4.79 Å². The van der Waals surface area contributed by atoms with Crippen LogP contribution in [0.5, 0.6) is 0 Å². The van der Waals surface area contributed by atoms with Gasteiger partial charge in [-0.25, -0.2) is 4.79 Å². The predicted molar refractivity (Wildman–Crippen MR) is 95.8 cm³/mol. The van der Waals surface area contributed by atoms with Crippen LogP contribution in [-0.2, 0) is 9.59 Å². The van der Waals surface area contributed by atoms with E-state index in [1.807, 2.05) is 0 Å². The molecule has 0 spiro atoms. The zero-order valence-electron chi connectivity index (χ0n) is 15.1. The number of aliphatic hydroxyl groups is 1. The number of ketones is 1. The minimum atomic E-state index is -0.904. The molecule has 1 aliphatic rings. The molecule has 1 rings (SSSR count). The van der Waals surface area contributed by atoms with E-state index < -0.39 is 5.97 Å². The number of unbranched alkanes of at least 4 members (excludes halogenated alkanes) is 4. The molecule has 0 bridgehead atoms. The molecule has 0 amide bonds. The van der Waals surface area contributed by atoms with Crippen LogP contribution in [0.4, 0.5) is 0 Å². The average molecular weight is 338 g/mol. The summed E-state index contributed by atoms with van der Waals surface area (Å²) in [6, 6.07) is 0. The number of rotatable bonds is 13. The molecule has 1 saturated carbocycles. The van der Waals surface area contributed by atoms with Crippen molar-refractivity contribution in [2.45, 2.75) is 90.1 Å². The highest BCUT2D eigenvalue weighted by Crippen LogP contribution is 2.36. The summed E-state index contributed by atoms with van der Waals surface area (Å²) in [7, 11) is 0. The van der Waals surface area contributed by atoms with Gasteiger partial charge in [-0.15, -0.1) is 0 Å². The van der Waals surface area contributed by atoms with Crippen LogP contribution in [0.15, 0.2) is 12.2 Å². The van der Waals surface area contributed by atoms with E-state index in [0.29, 0.717) is 18.1 Å². The molecule has 2 N–H and O–H groups in total. The van der Waals surface area contributed by atoms with E-state index in [1.165, 1.54) is 18.9 Å². The molecule has 138 valence electrons.